The summed E-state index contributed by atoms with van der Waals surface area (Å²) >= 11 is 3.59. The van der Waals surface area contributed by atoms with Crippen LogP contribution in [0.25, 0.3) is 11.1 Å². The van der Waals surface area contributed by atoms with Crippen molar-refractivity contribution < 1.29 is 4.52 Å². The summed E-state index contributed by atoms with van der Waals surface area (Å²) < 4.78 is 6.31. The number of nitrogens with two attached hydrogens (primary N) is 1. The van der Waals surface area contributed by atoms with Gasteiger partial charge in [-0.15, -0.1) is 0 Å². The van der Waals surface area contributed by atoms with Gasteiger partial charge in [-0.25, -0.2) is 0 Å². The zero-order valence-corrected chi connectivity index (χ0v) is 12.5. The molecule has 1 saturated carbocycles. The number of benzene rings is 1. The molecular formula is C15H17BrN2O. The van der Waals surface area contributed by atoms with Crippen molar-refractivity contribution in [3.05, 3.63) is 34.4 Å². The number of hydrogen-bond acceptors (Lipinski definition) is 3. The maximum absolute atomic E-state index is 6.02. The highest BCUT2D eigenvalue weighted by Crippen LogP contribution is 2.46. The van der Waals surface area contributed by atoms with Crippen LogP contribution in [0.4, 0.5) is 5.88 Å². The first-order valence-electron chi connectivity index (χ1n) is 6.62. The van der Waals surface area contributed by atoms with Crippen molar-refractivity contribution in [3.63, 3.8) is 0 Å². The Balaban J connectivity index is 2.17. The molecule has 0 spiro atoms. The fourth-order valence-electron chi connectivity index (χ4n) is 3.03. The second-order valence-electron chi connectivity index (χ2n) is 5.52. The molecule has 100 valence electrons. The van der Waals surface area contributed by atoms with Gasteiger partial charge in [-0.2, -0.15) is 0 Å². The predicted molar refractivity (Wildman–Crippen MR) is 79.9 cm³/mol. The van der Waals surface area contributed by atoms with Crippen LogP contribution >= 0.6 is 15.9 Å². The van der Waals surface area contributed by atoms with E-state index in [0.29, 0.717) is 5.88 Å². The minimum absolute atomic E-state index is 0.0890. The van der Waals surface area contributed by atoms with E-state index in [1.807, 2.05) is 18.2 Å². The van der Waals surface area contributed by atoms with Crippen molar-refractivity contribution in [1.29, 1.82) is 0 Å². The molecule has 1 heterocycles. The van der Waals surface area contributed by atoms with Crippen molar-refractivity contribution in [1.82, 2.24) is 5.16 Å². The highest BCUT2D eigenvalue weighted by atomic mass is 79.9. The van der Waals surface area contributed by atoms with Gasteiger partial charge in [-0.1, -0.05) is 59.1 Å². The average molecular weight is 321 g/mol. The third-order valence-electron chi connectivity index (χ3n) is 4.14. The first-order valence-corrected chi connectivity index (χ1v) is 7.42. The lowest BCUT2D eigenvalue weighted by molar-refractivity contribution is 0.386. The van der Waals surface area contributed by atoms with Crippen LogP contribution in [0.3, 0.4) is 0 Å². The van der Waals surface area contributed by atoms with Crippen LogP contribution in [-0.2, 0) is 5.41 Å². The topological polar surface area (TPSA) is 52.0 Å². The molecule has 1 fully saturated rings. The summed E-state index contributed by atoms with van der Waals surface area (Å²) in [7, 11) is 0. The summed E-state index contributed by atoms with van der Waals surface area (Å²) in [4.78, 5) is 0. The molecule has 0 radical (unpaired) electrons. The normalized spacial score (nSPS) is 17.8. The standard InChI is InChI=1S/C15H17BrN2O/c1-15(8-4-5-9-15)13-12(14(17)19-18-13)10-6-2-3-7-11(10)16/h2-3,6-7H,4-5,8-9,17H2,1H3. The molecule has 1 aromatic carbocycles. The van der Waals surface area contributed by atoms with Gasteiger partial charge in [-0.05, 0) is 18.9 Å². The smallest absolute Gasteiger partial charge is 0.230 e. The SMILES string of the molecule is CC1(c2noc(N)c2-c2ccccc2Br)CCCC1. The quantitative estimate of drug-likeness (QED) is 0.885. The van der Waals surface area contributed by atoms with E-state index < -0.39 is 0 Å². The van der Waals surface area contributed by atoms with E-state index in [1.54, 1.807) is 0 Å². The fourth-order valence-corrected chi connectivity index (χ4v) is 3.51. The van der Waals surface area contributed by atoms with Gasteiger partial charge < -0.3 is 10.3 Å². The Hall–Kier alpha value is -1.29. The lowest BCUT2D eigenvalue weighted by Crippen LogP contribution is -2.18. The summed E-state index contributed by atoms with van der Waals surface area (Å²) in [6, 6.07) is 8.07. The monoisotopic (exact) mass is 320 g/mol. The number of anilines is 1. The van der Waals surface area contributed by atoms with Gasteiger partial charge in [0.2, 0.25) is 5.88 Å². The Morgan fingerprint density at radius 3 is 2.63 bits per heavy atom. The van der Waals surface area contributed by atoms with Crippen molar-refractivity contribution in [2.75, 3.05) is 5.73 Å². The summed E-state index contributed by atoms with van der Waals surface area (Å²) in [6.45, 7) is 2.26. The van der Waals surface area contributed by atoms with Gasteiger partial charge in [0.15, 0.2) is 0 Å². The molecule has 3 rings (SSSR count). The van der Waals surface area contributed by atoms with E-state index in [4.69, 9.17) is 10.3 Å². The van der Waals surface area contributed by atoms with Gasteiger partial charge in [0.05, 0.1) is 11.3 Å². The minimum atomic E-state index is 0.0890. The van der Waals surface area contributed by atoms with Crippen LogP contribution < -0.4 is 5.73 Å². The zero-order chi connectivity index (χ0) is 13.5. The van der Waals surface area contributed by atoms with E-state index in [0.717, 1.165) is 34.1 Å². The Morgan fingerprint density at radius 1 is 1.26 bits per heavy atom. The molecule has 0 aliphatic heterocycles. The van der Waals surface area contributed by atoms with E-state index in [9.17, 15) is 0 Å². The Morgan fingerprint density at radius 2 is 1.95 bits per heavy atom. The molecule has 19 heavy (non-hydrogen) atoms. The van der Waals surface area contributed by atoms with Gasteiger partial charge in [0.1, 0.15) is 0 Å². The molecule has 1 aliphatic carbocycles. The molecule has 0 bridgehead atoms. The van der Waals surface area contributed by atoms with Crippen molar-refractivity contribution in [3.8, 4) is 11.1 Å². The van der Waals surface area contributed by atoms with E-state index >= 15 is 0 Å². The van der Waals surface area contributed by atoms with E-state index in [-0.39, 0.29) is 5.41 Å². The summed E-state index contributed by atoms with van der Waals surface area (Å²) in [6.07, 6.45) is 4.80. The van der Waals surface area contributed by atoms with Gasteiger partial charge in [-0.3, -0.25) is 0 Å². The third-order valence-corrected chi connectivity index (χ3v) is 4.83. The van der Waals surface area contributed by atoms with Crippen LogP contribution in [-0.4, -0.2) is 5.16 Å². The Bertz CT molecular complexity index is 600. The van der Waals surface area contributed by atoms with Crippen LogP contribution in [0.15, 0.2) is 33.3 Å². The van der Waals surface area contributed by atoms with Crippen LogP contribution in [0.1, 0.15) is 38.3 Å². The summed E-state index contributed by atoms with van der Waals surface area (Å²) in [5.41, 5.74) is 9.13. The number of rotatable bonds is 2. The molecule has 0 atom stereocenters. The van der Waals surface area contributed by atoms with E-state index in [1.165, 1.54) is 12.8 Å². The molecule has 1 aromatic heterocycles. The van der Waals surface area contributed by atoms with Gasteiger partial charge >= 0.3 is 0 Å². The maximum atomic E-state index is 6.02. The highest BCUT2D eigenvalue weighted by Gasteiger charge is 2.37. The Labute approximate surface area is 121 Å². The molecule has 2 N–H and O–H groups in total. The van der Waals surface area contributed by atoms with Crippen LogP contribution in [0, 0.1) is 0 Å². The maximum Gasteiger partial charge on any atom is 0.230 e. The summed E-state index contributed by atoms with van der Waals surface area (Å²) in [5.74, 6) is 0.412. The average Bonchev–Trinajstić information content (AvgIpc) is 2.98. The molecule has 0 saturated heterocycles. The van der Waals surface area contributed by atoms with Gasteiger partial charge in [0, 0.05) is 15.5 Å². The number of aromatic nitrogens is 1. The zero-order valence-electron chi connectivity index (χ0n) is 10.9. The van der Waals surface area contributed by atoms with Gasteiger partial charge in [0.25, 0.3) is 0 Å². The predicted octanol–water partition coefficient (Wildman–Crippen LogP) is 4.52. The van der Waals surface area contributed by atoms with Crippen molar-refractivity contribution in [2.24, 2.45) is 0 Å². The fraction of sp³-hybridized carbons (Fsp3) is 0.400. The van der Waals surface area contributed by atoms with E-state index in [2.05, 4.69) is 34.1 Å². The molecule has 0 amide bonds. The second-order valence-corrected chi connectivity index (χ2v) is 6.37. The minimum Gasteiger partial charge on any atom is -0.367 e. The molecule has 3 nitrogen and oxygen atoms in total. The number of nitrogens with zero attached hydrogens (tertiary/aromatic N) is 1. The third kappa shape index (κ3) is 2.08. The lowest BCUT2D eigenvalue weighted by atomic mass is 9.81. The molecule has 4 heteroatoms. The second kappa shape index (κ2) is 4.67. The largest absolute Gasteiger partial charge is 0.367 e. The molecular weight excluding hydrogens is 304 g/mol. The van der Waals surface area contributed by atoms with Crippen molar-refractivity contribution >= 4 is 21.8 Å². The first-order chi connectivity index (χ1) is 9.12. The lowest BCUT2D eigenvalue weighted by Gasteiger charge is -2.22. The number of halogens is 1. The Kier molecular flexibility index (Phi) is 3.13. The molecule has 0 unspecified atom stereocenters. The number of hydrogen-bond donors (Lipinski definition) is 1. The van der Waals surface area contributed by atoms with Crippen molar-refractivity contribution in [2.45, 2.75) is 38.0 Å². The number of nitrogen functional groups attached to an aromatic ring is 1. The summed E-state index contributed by atoms with van der Waals surface area (Å²) in [5, 5.41) is 4.27. The molecule has 2 aromatic rings. The van der Waals surface area contributed by atoms with Crippen LogP contribution in [0.2, 0.25) is 0 Å². The van der Waals surface area contributed by atoms with Crippen LogP contribution in [0.5, 0.6) is 0 Å². The first kappa shape index (κ1) is 12.7. The highest BCUT2D eigenvalue weighted by molar-refractivity contribution is 9.10. The molecule has 1 aliphatic rings.